The van der Waals surface area contributed by atoms with Crippen LogP contribution in [0.3, 0.4) is 0 Å². The van der Waals surface area contributed by atoms with Crippen molar-refractivity contribution in [3.05, 3.63) is 89.4 Å². The van der Waals surface area contributed by atoms with E-state index in [-0.39, 0.29) is 12.2 Å². The van der Waals surface area contributed by atoms with E-state index in [9.17, 15) is 9.59 Å². The molecule has 1 aliphatic rings. The molecule has 0 spiro atoms. The van der Waals surface area contributed by atoms with Crippen LogP contribution in [0.15, 0.2) is 72.6 Å². The number of thiazole rings is 1. The van der Waals surface area contributed by atoms with E-state index in [1.807, 2.05) is 30.3 Å². The highest BCUT2D eigenvalue weighted by molar-refractivity contribution is 9.10. The maximum absolute atomic E-state index is 13.3. The number of furan rings is 1. The number of halogens is 1. The van der Waals surface area contributed by atoms with Crippen LogP contribution in [-0.2, 0) is 9.53 Å². The average Bonchev–Trinajstić information content (AvgIpc) is 3.24. The summed E-state index contributed by atoms with van der Waals surface area (Å²) < 4.78 is 13.4. The first-order valence-corrected chi connectivity index (χ1v) is 10.6. The fourth-order valence-electron chi connectivity index (χ4n) is 3.28. The molecule has 0 bridgehead atoms. The molecule has 0 N–H and O–H groups in total. The van der Waals surface area contributed by atoms with Gasteiger partial charge in [-0.1, -0.05) is 41.7 Å². The Morgan fingerprint density at radius 3 is 2.72 bits per heavy atom. The summed E-state index contributed by atoms with van der Waals surface area (Å²) in [6.45, 7) is 3.76. The lowest BCUT2D eigenvalue weighted by Gasteiger charge is -2.24. The molecule has 1 atom stereocenters. The highest BCUT2D eigenvalue weighted by atomic mass is 79.9. The van der Waals surface area contributed by atoms with Crippen LogP contribution in [0.1, 0.15) is 31.2 Å². The third-order valence-corrected chi connectivity index (χ3v) is 5.91. The molecule has 0 fully saturated rings. The Balaban J connectivity index is 1.96. The van der Waals surface area contributed by atoms with E-state index in [1.165, 1.54) is 11.3 Å². The molecular weight excluding hydrogens is 456 g/mol. The van der Waals surface area contributed by atoms with Crippen LogP contribution in [0.25, 0.3) is 6.08 Å². The SMILES string of the molecule is CCOC(=O)C1=C(C)N=c2sc(=Cc3ccc(Br)o3)c(=O)n2C1c1ccccc1. The molecule has 0 saturated heterocycles. The maximum atomic E-state index is 13.3. The van der Waals surface area contributed by atoms with Gasteiger partial charge in [0.2, 0.25) is 0 Å². The highest BCUT2D eigenvalue weighted by Crippen LogP contribution is 2.30. The van der Waals surface area contributed by atoms with Gasteiger partial charge in [0.1, 0.15) is 5.76 Å². The van der Waals surface area contributed by atoms with Crippen LogP contribution in [0, 0.1) is 0 Å². The molecule has 29 heavy (non-hydrogen) atoms. The van der Waals surface area contributed by atoms with Crippen molar-refractivity contribution in [2.75, 3.05) is 6.61 Å². The highest BCUT2D eigenvalue weighted by Gasteiger charge is 2.33. The van der Waals surface area contributed by atoms with Gasteiger partial charge in [0.15, 0.2) is 9.47 Å². The van der Waals surface area contributed by atoms with E-state index in [2.05, 4.69) is 20.9 Å². The third-order valence-electron chi connectivity index (χ3n) is 4.50. The van der Waals surface area contributed by atoms with Crippen molar-refractivity contribution in [1.29, 1.82) is 0 Å². The first-order chi connectivity index (χ1) is 14.0. The number of allylic oxidation sites excluding steroid dienone is 1. The Labute approximate surface area is 178 Å². The number of carbonyl (C=O) groups is 1. The van der Waals surface area contributed by atoms with Gasteiger partial charge in [-0.2, -0.15) is 0 Å². The van der Waals surface area contributed by atoms with E-state index in [4.69, 9.17) is 9.15 Å². The molecule has 3 heterocycles. The Kier molecular flexibility index (Phi) is 5.38. The smallest absolute Gasteiger partial charge is 0.338 e. The van der Waals surface area contributed by atoms with Gasteiger partial charge in [-0.05, 0) is 47.5 Å². The zero-order valence-corrected chi connectivity index (χ0v) is 18.1. The van der Waals surface area contributed by atoms with Gasteiger partial charge >= 0.3 is 5.97 Å². The lowest BCUT2D eigenvalue weighted by molar-refractivity contribution is -0.139. The summed E-state index contributed by atoms with van der Waals surface area (Å²) in [5.74, 6) is 0.0894. The monoisotopic (exact) mass is 472 g/mol. The maximum Gasteiger partial charge on any atom is 0.338 e. The zero-order chi connectivity index (χ0) is 20.5. The van der Waals surface area contributed by atoms with E-state index >= 15 is 0 Å². The molecule has 0 amide bonds. The Bertz CT molecular complexity index is 1280. The summed E-state index contributed by atoms with van der Waals surface area (Å²) in [5, 5.41) is 0. The second-order valence-corrected chi connectivity index (χ2v) is 8.15. The summed E-state index contributed by atoms with van der Waals surface area (Å²) in [6.07, 6.45) is 1.68. The molecule has 3 aromatic rings. The molecular formula is C21H17BrN2O4S. The molecule has 6 nitrogen and oxygen atoms in total. The summed E-state index contributed by atoms with van der Waals surface area (Å²) in [7, 11) is 0. The molecule has 1 aliphatic heterocycles. The number of benzene rings is 1. The quantitative estimate of drug-likeness (QED) is 0.546. The topological polar surface area (TPSA) is 73.8 Å². The van der Waals surface area contributed by atoms with Crippen molar-refractivity contribution in [2.24, 2.45) is 4.99 Å². The lowest BCUT2D eigenvalue weighted by atomic mass is 9.96. The summed E-state index contributed by atoms with van der Waals surface area (Å²) in [5.41, 5.74) is 1.51. The van der Waals surface area contributed by atoms with Gasteiger partial charge in [-0.25, -0.2) is 9.79 Å². The van der Waals surface area contributed by atoms with E-state index in [1.54, 1.807) is 36.6 Å². The van der Waals surface area contributed by atoms with Crippen molar-refractivity contribution < 1.29 is 13.9 Å². The van der Waals surface area contributed by atoms with Crippen LogP contribution in [0.2, 0.25) is 0 Å². The van der Waals surface area contributed by atoms with Gasteiger partial charge in [0.05, 0.1) is 28.5 Å². The number of ether oxygens (including phenoxy) is 1. The first-order valence-electron chi connectivity index (χ1n) is 8.99. The summed E-state index contributed by atoms with van der Waals surface area (Å²) in [6, 6.07) is 12.4. The largest absolute Gasteiger partial charge is 0.463 e. The normalized spacial score (nSPS) is 16.5. The van der Waals surface area contributed by atoms with Crippen LogP contribution < -0.4 is 14.9 Å². The second-order valence-electron chi connectivity index (χ2n) is 6.35. The Morgan fingerprint density at radius 1 is 1.31 bits per heavy atom. The van der Waals surface area contributed by atoms with Crippen LogP contribution in [-0.4, -0.2) is 17.1 Å². The van der Waals surface area contributed by atoms with Crippen molar-refractivity contribution in [1.82, 2.24) is 4.57 Å². The molecule has 8 heteroatoms. The standard InChI is InChI=1S/C21H17BrN2O4S/c1-3-27-20(26)17-12(2)23-21-24(18(17)13-7-5-4-6-8-13)19(25)15(29-21)11-14-9-10-16(22)28-14/h4-11,18H,3H2,1-2H3. The number of esters is 1. The second kappa shape index (κ2) is 7.96. The predicted molar refractivity (Wildman–Crippen MR) is 113 cm³/mol. The lowest BCUT2D eigenvalue weighted by Crippen LogP contribution is -2.39. The average molecular weight is 473 g/mol. The number of fused-ring (bicyclic) bond motifs is 1. The molecule has 0 radical (unpaired) electrons. The van der Waals surface area contributed by atoms with Gasteiger partial charge in [-0.15, -0.1) is 0 Å². The number of hydrogen-bond acceptors (Lipinski definition) is 6. The van der Waals surface area contributed by atoms with Gasteiger partial charge < -0.3 is 9.15 Å². The number of aromatic nitrogens is 1. The molecule has 0 saturated carbocycles. The van der Waals surface area contributed by atoms with Crippen molar-refractivity contribution in [3.8, 4) is 0 Å². The number of carbonyl (C=O) groups excluding carboxylic acids is 1. The molecule has 0 aliphatic carbocycles. The van der Waals surface area contributed by atoms with E-state index in [0.717, 1.165) is 5.56 Å². The minimum Gasteiger partial charge on any atom is -0.463 e. The van der Waals surface area contributed by atoms with Crippen molar-refractivity contribution >= 4 is 39.3 Å². The minimum atomic E-state index is -0.600. The fourth-order valence-corrected chi connectivity index (χ4v) is 4.62. The first kappa shape index (κ1) is 19.6. The van der Waals surface area contributed by atoms with E-state index < -0.39 is 12.0 Å². The van der Waals surface area contributed by atoms with Gasteiger partial charge in [0.25, 0.3) is 5.56 Å². The summed E-state index contributed by atoms with van der Waals surface area (Å²) in [4.78, 5) is 31.1. The van der Waals surface area contributed by atoms with Gasteiger partial charge in [0, 0.05) is 6.08 Å². The van der Waals surface area contributed by atoms with Crippen LogP contribution >= 0.6 is 27.3 Å². The number of rotatable bonds is 4. The molecule has 2 aromatic heterocycles. The number of hydrogen-bond donors (Lipinski definition) is 0. The van der Waals surface area contributed by atoms with E-state index in [0.29, 0.717) is 31.0 Å². The third kappa shape index (κ3) is 3.65. The van der Waals surface area contributed by atoms with Crippen molar-refractivity contribution in [3.63, 3.8) is 0 Å². The molecule has 148 valence electrons. The Hall–Kier alpha value is -2.71. The van der Waals surface area contributed by atoms with Crippen LogP contribution in [0.4, 0.5) is 0 Å². The van der Waals surface area contributed by atoms with Crippen LogP contribution in [0.5, 0.6) is 0 Å². The summed E-state index contributed by atoms with van der Waals surface area (Å²) >= 11 is 4.53. The predicted octanol–water partition coefficient (Wildman–Crippen LogP) is 3.15. The fraction of sp³-hybridized carbons (Fsp3) is 0.190. The molecule has 1 unspecified atom stereocenters. The number of nitrogens with zero attached hydrogens (tertiary/aromatic N) is 2. The Morgan fingerprint density at radius 2 is 2.07 bits per heavy atom. The molecule has 1 aromatic carbocycles. The minimum absolute atomic E-state index is 0.232. The van der Waals surface area contributed by atoms with Gasteiger partial charge in [-0.3, -0.25) is 9.36 Å². The van der Waals surface area contributed by atoms with Crippen molar-refractivity contribution in [2.45, 2.75) is 19.9 Å². The zero-order valence-electron chi connectivity index (χ0n) is 15.7. The molecule has 4 rings (SSSR count).